The molecule has 0 aliphatic rings. The first-order valence-electron chi connectivity index (χ1n) is 7.01. The fourth-order valence-corrected chi connectivity index (χ4v) is 2.31. The number of hydroxylamine groups is 1. The number of anilines is 1. The predicted molar refractivity (Wildman–Crippen MR) is 91.5 cm³/mol. The molecule has 1 aromatic heterocycles. The molecule has 0 bridgehead atoms. The second kappa shape index (κ2) is 9.42. The maximum atomic E-state index is 13.2. The molecular formula is C13H16ClFN6O2S. The molecular weight excluding hydrogens is 359 g/mol. The molecule has 11 heteroatoms. The molecule has 2 rings (SSSR count). The summed E-state index contributed by atoms with van der Waals surface area (Å²) >= 11 is 7.31. The van der Waals surface area contributed by atoms with Crippen molar-refractivity contribution in [2.24, 2.45) is 4.99 Å². The van der Waals surface area contributed by atoms with Crippen molar-refractivity contribution in [3.05, 3.63) is 34.7 Å². The van der Waals surface area contributed by atoms with Crippen molar-refractivity contribution in [3.8, 4) is 0 Å². The van der Waals surface area contributed by atoms with Crippen LogP contribution in [0, 0.1) is 5.82 Å². The fraction of sp³-hybridized carbons (Fsp3) is 0.308. The summed E-state index contributed by atoms with van der Waals surface area (Å²) in [4.78, 5) is 4.12. The number of amidine groups is 1. The van der Waals surface area contributed by atoms with Crippen molar-refractivity contribution >= 4 is 40.9 Å². The number of halogens is 2. The molecule has 0 unspecified atom stereocenters. The Morgan fingerprint density at radius 2 is 2.25 bits per heavy atom. The number of aromatic nitrogens is 2. The molecule has 0 atom stereocenters. The van der Waals surface area contributed by atoms with Gasteiger partial charge in [-0.15, -0.1) is 0 Å². The van der Waals surface area contributed by atoms with Gasteiger partial charge in [0.15, 0.2) is 11.5 Å². The van der Waals surface area contributed by atoms with Crippen molar-refractivity contribution in [3.63, 3.8) is 0 Å². The topological polar surface area (TPSA) is 108 Å². The average Bonchev–Trinajstić information content (AvgIpc) is 3.04. The van der Waals surface area contributed by atoms with E-state index in [0.29, 0.717) is 24.6 Å². The zero-order valence-corrected chi connectivity index (χ0v) is 14.3. The van der Waals surface area contributed by atoms with Crippen LogP contribution in [0.3, 0.4) is 0 Å². The summed E-state index contributed by atoms with van der Waals surface area (Å²) in [6.45, 7) is 3.30. The molecule has 0 saturated carbocycles. The number of benzene rings is 1. The van der Waals surface area contributed by atoms with Gasteiger partial charge in [0.25, 0.3) is 0 Å². The van der Waals surface area contributed by atoms with Gasteiger partial charge in [-0.05, 0) is 28.5 Å². The normalized spacial score (nSPS) is 11.6. The molecule has 1 heterocycles. The van der Waals surface area contributed by atoms with Gasteiger partial charge in [0, 0.05) is 18.8 Å². The zero-order chi connectivity index (χ0) is 17.4. The maximum Gasteiger partial charge on any atom is 0.202 e. The number of aliphatic imine (C=N–C) groups is 1. The number of hydrogen-bond acceptors (Lipinski definition) is 8. The van der Waals surface area contributed by atoms with Crippen molar-refractivity contribution in [2.75, 3.05) is 24.2 Å². The number of hydrogen-bond donors (Lipinski definition) is 4. The van der Waals surface area contributed by atoms with Gasteiger partial charge < -0.3 is 5.32 Å². The SMILES string of the molecule is CCSNCCNc1nonc1C(=Nc1ccc(F)c(Cl)c1)NO. The van der Waals surface area contributed by atoms with E-state index in [0.717, 1.165) is 5.75 Å². The third-order valence-corrected chi connectivity index (χ3v) is 3.72. The first-order chi connectivity index (χ1) is 11.7. The molecule has 0 spiro atoms. The van der Waals surface area contributed by atoms with E-state index in [1.165, 1.54) is 18.2 Å². The minimum atomic E-state index is -0.558. The summed E-state index contributed by atoms with van der Waals surface area (Å²) in [5, 5.41) is 19.7. The van der Waals surface area contributed by atoms with Crippen molar-refractivity contribution in [2.45, 2.75) is 6.92 Å². The molecule has 24 heavy (non-hydrogen) atoms. The molecule has 0 radical (unpaired) electrons. The second-order valence-corrected chi connectivity index (χ2v) is 5.95. The predicted octanol–water partition coefficient (Wildman–Crippen LogP) is 2.59. The van der Waals surface area contributed by atoms with Crippen LogP contribution in [0.5, 0.6) is 0 Å². The number of nitrogens with zero attached hydrogens (tertiary/aromatic N) is 3. The number of rotatable bonds is 8. The Kier molecular flexibility index (Phi) is 7.25. The van der Waals surface area contributed by atoms with Crippen LogP contribution in [-0.4, -0.2) is 40.2 Å². The lowest BCUT2D eigenvalue weighted by Crippen LogP contribution is -2.23. The Morgan fingerprint density at radius 1 is 1.42 bits per heavy atom. The summed E-state index contributed by atoms with van der Waals surface area (Å²) < 4.78 is 21.0. The quantitative estimate of drug-likeness (QED) is 0.183. The first kappa shape index (κ1) is 18.5. The minimum absolute atomic E-state index is 0.0164. The van der Waals surface area contributed by atoms with Crippen LogP contribution in [0.25, 0.3) is 0 Å². The lowest BCUT2D eigenvalue weighted by Gasteiger charge is -2.06. The summed E-state index contributed by atoms with van der Waals surface area (Å²) in [6.07, 6.45) is 0. The lowest BCUT2D eigenvalue weighted by molar-refractivity contribution is 0.234. The van der Waals surface area contributed by atoms with Crippen molar-refractivity contribution in [1.82, 2.24) is 20.5 Å². The summed E-state index contributed by atoms with van der Waals surface area (Å²) in [7, 11) is 0. The van der Waals surface area contributed by atoms with Crippen LogP contribution in [0.2, 0.25) is 5.02 Å². The van der Waals surface area contributed by atoms with Gasteiger partial charge in [-0.25, -0.2) is 14.0 Å². The molecule has 130 valence electrons. The smallest absolute Gasteiger partial charge is 0.202 e. The van der Waals surface area contributed by atoms with Crippen LogP contribution in [0.1, 0.15) is 12.6 Å². The summed E-state index contributed by atoms with van der Waals surface area (Å²) in [6, 6.07) is 3.90. The largest absolute Gasteiger partial charge is 0.364 e. The Labute approximate surface area is 146 Å². The van der Waals surface area contributed by atoms with Gasteiger partial charge in [-0.3, -0.25) is 15.4 Å². The third-order valence-electron chi connectivity index (χ3n) is 2.73. The molecule has 2 aromatic rings. The highest BCUT2D eigenvalue weighted by molar-refractivity contribution is 7.97. The molecule has 0 fully saturated rings. The van der Waals surface area contributed by atoms with Gasteiger partial charge >= 0.3 is 0 Å². The van der Waals surface area contributed by atoms with Crippen LogP contribution in [0.4, 0.5) is 15.9 Å². The van der Waals surface area contributed by atoms with E-state index in [4.69, 9.17) is 11.6 Å². The molecule has 0 aliphatic carbocycles. The van der Waals surface area contributed by atoms with E-state index in [-0.39, 0.29) is 16.6 Å². The molecule has 1 aromatic carbocycles. The van der Waals surface area contributed by atoms with Crippen molar-refractivity contribution in [1.29, 1.82) is 0 Å². The highest BCUT2D eigenvalue weighted by atomic mass is 35.5. The van der Waals surface area contributed by atoms with E-state index < -0.39 is 5.82 Å². The zero-order valence-electron chi connectivity index (χ0n) is 12.7. The van der Waals surface area contributed by atoms with Crippen LogP contribution >= 0.6 is 23.5 Å². The first-order valence-corrected chi connectivity index (χ1v) is 8.37. The summed E-state index contributed by atoms with van der Waals surface area (Å²) in [5.74, 6) is 0.698. The van der Waals surface area contributed by atoms with Gasteiger partial charge in [0.05, 0.1) is 10.7 Å². The Balaban J connectivity index is 2.11. The third kappa shape index (κ3) is 5.06. The van der Waals surface area contributed by atoms with Gasteiger partial charge in [-0.1, -0.05) is 30.5 Å². The van der Waals surface area contributed by atoms with E-state index in [1.54, 1.807) is 11.9 Å². The second-order valence-electron chi connectivity index (χ2n) is 4.39. The van der Waals surface area contributed by atoms with Gasteiger partial charge in [0.1, 0.15) is 5.82 Å². The molecule has 4 N–H and O–H groups in total. The van der Waals surface area contributed by atoms with Crippen LogP contribution in [-0.2, 0) is 0 Å². The fourth-order valence-electron chi connectivity index (χ4n) is 1.68. The van der Waals surface area contributed by atoms with E-state index in [2.05, 4.69) is 30.0 Å². The van der Waals surface area contributed by atoms with Crippen LogP contribution < -0.4 is 15.5 Å². The van der Waals surface area contributed by atoms with Crippen molar-refractivity contribution < 1.29 is 14.2 Å². The van der Waals surface area contributed by atoms with E-state index in [1.807, 2.05) is 12.4 Å². The highest BCUT2D eigenvalue weighted by Crippen LogP contribution is 2.22. The Hall–Kier alpha value is -1.88. The molecule has 0 saturated heterocycles. The van der Waals surface area contributed by atoms with Crippen LogP contribution in [0.15, 0.2) is 27.8 Å². The average molecular weight is 375 g/mol. The Bertz CT molecular complexity index is 699. The molecule has 8 nitrogen and oxygen atoms in total. The minimum Gasteiger partial charge on any atom is -0.364 e. The molecule has 0 aliphatic heterocycles. The van der Waals surface area contributed by atoms with E-state index >= 15 is 0 Å². The maximum absolute atomic E-state index is 13.2. The number of nitrogens with one attached hydrogen (secondary N) is 3. The summed E-state index contributed by atoms with van der Waals surface area (Å²) in [5.41, 5.74) is 2.44. The lowest BCUT2D eigenvalue weighted by atomic mass is 10.3. The standard InChI is InChI=1S/C13H16ClFN6O2S/c1-2-24-17-6-5-16-12-11(20-23-21-12)13(19-22)18-8-3-4-10(15)9(14)7-8/h3-4,7,17,22H,2,5-6H2,1H3,(H,16,21)(H,18,19). The highest BCUT2D eigenvalue weighted by Gasteiger charge is 2.16. The Morgan fingerprint density at radius 3 is 2.96 bits per heavy atom. The monoisotopic (exact) mass is 374 g/mol. The van der Waals surface area contributed by atoms with Gasteiger partial charge in [-0.2, -0.15) is 0 Å². The van der Waals surface area contributed by atoms with E-state index in [9.17, 15) is 9.60 Å². The van der Waals surface area contributed by atoms with Gasteiger partial charge in [0.2, 0.25) is 5.82 Å². The molecule has 0 amide bonds.